The second kappa shape index (κ2) is 11.9. The minimum Gasteiger partial charge on any atom is -1.00 e. The number of aromatic hydroxyl groups is 2. The number of fused-ring (bicyclic) bond motifs is 1. The number of phenols is 2. The van der Waals surface area contributed by atoms with E-state index in [1.165, 1.54) is 0 Å². The first-order valence-corrected chi connectivity index (χ1v) is 13.4. The van der Waals surface area contributed by atoms with E-state index in [1.54, 1.807) is 18.2 Å². The summed E-state index contributed by atoms with van der Waals surface area (Å²) in [6.45, 7) is 12.0. The van der Waals surface area contributed by atoms with Crippen LogP contribution in [0, 0.1) is 13.8 Å². The molecule has 3 aromatic rings. The number of hydrogen-bond acceptors (Lipinski definition) is 5. The molecule has 0 aliphatic carbocycles. The number of cyclic esters (lactones) is 1. The largest absolute Gasteiger partial charge is 1.00 e. The van der Waals surface area contributed by atoms with Gasteiger partial charge in [-0.05, 0) is 78.3 Å². The van der Waals surface area contributed by atoms with Crippen molar-refractivity contribution >= 4 is 13.8 Å². The molecule has 10 heteroatoms. The van der Waals surface area contributed by atoms with Gasteiger partial charge in [0.1, 0.15) is 11.5 Å². The summed E-state index contributed by atoms with van der Waals surface area (Å²) in [7, 11) is -4.64. The van der Waals surface area contributed by atoms with Gasteiger partial charge in [-0.3, -0.25) is 0 Å². The first-order chi connectivity index (χ1) is 17.1. The minimum atomic E-state index is -4.64. The molecular formula is C28H34NaO8P. The third kappa shape index (κ3) is 6.35. The van der Waals surface area contributed by atoms with E-state index in [0.29, 0.717) is 5.56 Å². The number of rotatable bonds is 4. The molecule has 38 heavy (non-hydrogen) atoms. The van der Waals surface area contributed by atoms with Crippen LogP contribution in [0.1, 0.15) is 90.3 Å². The molecule has 4 rings (SSSR count). The topological polar surface area (TPSA) is 145 Å². The molecule has 0 unspecified atom stereocenters. The molecule has 0 atom stereocenters. The van der Waals surface area contributed by atoms with E-state index in [-0.39, 0.29) is 60.3 Å². The molecule has 8 nitrogen and oxygen atoms in total. The second-order valence-corrected chi connectivity index (χ2v) is 10.9. The van der Waals surface area contributed by atoms with Crippen LogP contribution in [0.3, 0.4) is 0 Å². The van der Waals surface area contributed by atoms with E-state index < -0.39 is 13.4 Å². The Morgan fingerprint density at radius 3 is 1.58 bits per heavy atom. The molecule has 0 bridgehead atoms. The van der Waals surface area contributed by atoms with E-state index in [9.17, 15) is 15.0 Å². The molecule has 0 saturated carbocycles. The zero-order valence-corrected chi connectivity index (χ0v) is 25.6. The van der Waals surface area contributed by atoms with E-state index in [4.69, 9.17) is 24.0 Å². The quantitative estimate of drug-likeness (QED) is 0.189. The van der Waals surface area contributed by atoms with E-state index in [1.807, 2.05) is 71.9 Å². The molecule has 1 heterocycles. The summed E-state index contributed by atoms with van der Waals surface area (Å²) >= 11 is 0. The minimum absolute atomic E-state index is 0. The Bertz CT molecular complexity index is 1330. The first kappa shape index (κ1) is 32.1. The number of phenolic OH excluding ortho intramolecular Hbond substituents is 2. The third-order valence-corrected chi connectivity index (χ3v) is 6.52. The fraction of sp³-hybridized carbons (Fsp3) is 0.321. The summed E-state index contributed by atoms with van der Waals surface area (Å²) in [5.74, 6) is 0.271. The predicted octanol–water partition coefficient (Wildman–Crippen LogP) is 2.61. The molecule has 0 radical (unpaired) electrons. The molecule has 0 amide bonds. The number of ether oxygens (including phenoxy) is 1. The van der Waals surface area contributed by atoms with Gasteiger partial charge < -0.3 is 31.1 Å². The van der Waals surface area contributed by atoms with Gasteiger partial charge in [0, 0.05) is 16.7 Å². The van der Waals surface area contributed by atoms with Crippen LogP contribution in [-0.4, -0.2) is 30.9 Å². The summed E-state index contributed by atoms with van der Waals surface area (Å²) in [5.41, 5.74) is 5.03. The fourth-order valence-corrected chi connectivity index (χ4v) is 4.86. The molecule has 200 valence electrons. The fourth-order valence-electron chi connectivity index (χ4n) is 4.86. The number of hydrogen-bond donors (Lipinski definition) is 5. The van der Waals surface area contributed by atoms with Crippen LogP contribution < -0.4 is 29.6 Å². The van der Waals surface area contributed by atoms with Gasteiger partial charge in [0.05, 0.1) is 5.56 Å². The maximum absolute atomic E-state index is 13.1. The van der Waals surface area contributed by atoms with Gasteiger partial charge in [0.25, 0.3) is 0 Å². The summed E-state index contributed by atoms with van der Waals surface area (Å²) in [4.78, 5) is 34.7. The first-order valence-electron chi connectivity index (χ1n) is 11.9. The maximum atomic E-state index is 13.1. The van der Waals surface area contributed by atoms with Gasteiger partial charge in [0.2, 0.25) is 0 Å². The Morgan fingerprint density at radius 1 is 0.789 bits per heavy atom. The van der Waals surface area contributed by atoms with Crippen LogP contribution in [0.15, 0.2) is 48.5 Å². The van der Waals surface area contributed by atoms with Crippen LogP contribution in [-0.2, 0) is 14.9 Å². The summed E-state index contributed by atoms with van der Waals surface area (Å²) in [6.07, 6.45) is 0. The Hall–Kier alpha value is -2.16. The second-order valence-electron chi connectivity index (χ2n) is 9.89. The molecule has 3 aromatic carbocycles. The number of phosphoric acid groups is 1. The monoisotopic (exact) mass is 552 g/mol. The average Bonchev–Trinajstić information content (AvgIpc) is 3.05. The van der Waals surface area contributed by atoms with Crippen LogP contribution in [0.25, 0.3) is 0 Å². The smallest absolute Gasteiger partial charge is 1.00 e. The Kier molecular flexibility index (Phi) is 10.1. The van der Waals surface area contributed by atoms with E-state index >= 15 is 0 Å². The van der Waals surface area contributed by atoms with Crippen molar-refractivity contribution < 1.29 is 70.0 Å². The van der Waals surface area contributed by atoms with Crippen molar-refractivity contribution in [1.29, 1.82) is 0 Å². The molecule has 5 N–H and O–H groups in total. The van der Waals surface area contributed by atoms with Crippen molar-refractivity contribution in [1.82, 2.24) is 0 Å². The normalized spacial score (nSPS) is 13.9. The van der Waals surface area contributed by atoms with Crippen molar-refractivity contribution in [3.05, 3.63) is 93.0 Å². The molecule has 0 spiro atoms. The number of carbonyl (C=O) groups excluding carboxylic acids is 1. The van der Waals surface area contributed by atoms with Crippen LogP contribution in [0.4, 0.5) is 0 Å². The number of esters is 1. The van der Waals surface area contributed by atoms with Gasteiger partial charge in [-0.15, -0.1) is 0 Å². The molecule has 0 fully saturated rings. The van der Waals surface area contributed by atoms with E-state index in [2.05, 4.69) is 0 Å². The molecule has 1 aliphatic heterocycles. The predicted molar refractivity (Wildman–Crippen MR) is 141 cm³/mol. The van der Waals surface area contributed by atoms with Crippen LogP contribution >= 0.6 is 7.82 Å². The Balaban J connectivity index is 0.000000998. The van der Waals surface area contributed by atoms with Gasteiger partial charge >= 0.3 is 43.3 Å². The van der Waals surface area contributed by atoms with Crippen molar-refractivity contribution in [2.75, 3.05) is 0 Å². The molecule has 0 saturated heterocycles. The van der Waals surface area contributed by atoms with Gasteiger partial charge in [-0.25, -0.2) is 9.36 Å². The van der Waals surface area contributed by atoms with Gasteiger partial charge in [-0.2, -0.15) is 0 Å². The van der Waals surface area contributed by atoms with E-state index in [0.717, 1.165) is 38.9 Å². The third-order valence-electron chi connectivity index (χ3n) is 6.52. The number of carbonyl (C=O) groups is 1. The number of benzene rings is 3. The van der Waals surface area contributed by atoms with Crippen molar-refractivity contribution in [3.8, 4) is 11.5 Å². The maximum Gasteiger partial charge on any atom is 1.00 e. The van der Waals surface area contributed by atoms with Crippen LogP contribution in [0.2, 0.25) is 0 Å². The molecule has 1 aliphatic rings. The zero-order chi connectivity index (χ0) is 27.9. The zero-order valence-electron chi connectivity index (χ0n) is 23.7. The average molecular weight is 553 g/mol. The SMILES string of the molecule is Cc1cc(O)c(C(C)C)cc1C1(c2cc(C(C)C)c(O)cc2C)OC(=O)c2ccccc21.O=P(O)(O)O.[H-].[Na+]. The standard InChI is InChI=1S/C28H30O4.Na.H3O4P.H/c1-15(2)20-13-23(17(5)11-25(20)29)28(22-10-8-7-9-19(22)27(31)32-28)24-14-21(16(3)4)26(30)12-18(24)6;;1-5(2,3)4;/h7-16,29-30H,1-6H3;;(H3,1,2,3,4);/q;+1;;-1. The van der Waals surface area contributed by atoms with Crippen molar-refractivity contribution in [2.45, 2.75) is 59.0 Å². The van der Waals surface area contributed by atoms with Gasteiger partial charge in [-0.1, -0.05) is 45.9 Å². The van der Waals surface area contributed by atoms with Crippen LogP contribution in [0.5, 0.6) is 11.5 Å². The van der Waals surface area contributed by atoms with Crippen molar-refractivity contribution in [3.63, 3.8) is 0 Å². The Morgan fingerprint density at radius 2 is 1.18 bits per heavy atom. The summed E-state index contributed by atoms with van der Waals surface area (Å²) in [6, 6.07) is 14.9. The Labute approximate surface area is 246 Å². The van der Waals surface area contributed by atoms with Crippen molar-refractivity contribution in [2.24, 2.45) is 0 Å². The van der Waals surface area contributed by atoms with Gasteiger partial charge in [0.15, 0.2) is 5.60 Å². The number of aryl methyl sites for hydroxylation is 2. The molecular weight excluding hydrogens is 518 g/mol. The summed E-state index contributed by atoms with van der Waals surface area (Å²) < 4.78 is 15.2. The summed E-state index contributed by atoms with van der Waals surface area (Å²) in [5, 5.41) is 21.2. The molecule has 0 aromatic heterocycles.